The number of benzene rings is 3. The first-order valence-corrected chi connectivity index (χ1v) is 10.2. The van der Waals surface area contributed by atoms with Gasteiger partial charge in [0.05, 0.1) is 7.11 Å². The predicted molar refractivity (Wildman–Crippen MR) is 118 cm³/mol. The Kier molecular flexibility index (Phi) is 7.52. The average molecular weight is 440 g/mol. The Bertz CT molecular complexity index is 893. The molecular formula is C24H26BrNO2. The van der Waals surface area contributed by atoms with Crippen molar-refractivity contribution >= 4 is 15.9 Å². The van der Waals surface area contributed by atoms with Gasteiger partial charge in [-0.25, -0.2) is 0 Å². The third kappa shape index (κ3) is 5.85. The van der Waals surface area contributed by atoms with Crippen LogP contribution in [0.25, 0.3) is 0 Å². The van der Waals surface area contributed by atoms with E-state index in [2.05, 4.69) is 70.6 Å². The quantitative estimate of drug-likeness (QED) is 0.435. The van der Waals surface area contributed by atoms with Crippen molar-refractivity contribution in [2.24, 2.45) is 0 Å². The highest BCUT2D eigenvalue weighted by atomic mass is 79.9. The third-order valence-corrected chi connectivity index (χ3v) is 5.23. The molecule has 28 heavy (non-hydrogen) atoms. The zero-order valence-electron chi connectivity index (χ0n) is 16.4. The van der Waals surface area contributed by atoms with E-state index in [1.54, 1.807) is 7.11 Å². The lowest BCUT2D eigenvalue weighted by Gasteiger charge is -2.14. The minimum atomic E-state index is 0.577. The third-order valence-electron chi connectivity index (χ3n) is 4.73. The number of halogens is 1. The van der Waals surface area contributed by atoms with Gasteiger partial charge >= 0.3 is 0 Å². The van der Waals surface area contributed by atoms with E-state index in [4.69, 9.17) is 9.47 Å². The molecule has 0 bridgehead atoms. The molecule has 1 N–H and O–H groups in total. The van der Waals surface area contributed by atoms with Gasteiger partial charge < -0.3 is 14.8 Å². The van der Waals surface area contributed by atoms with E-state index in [0.29, 0.717) is 6.61 Å². The minimum absolute atomic E-state index is 0.577. The van der Waals surface area contributed by atoms with Gasteiger partial charge in [-0.2, -0.15) is 0 Å². The van der Waals surface area contributed by atoms with Gasteiger partial charge in [-0.3, -0.25) is 0 Å². The number of hydrogen-bond donors (Lipinski definition) is 1. The normalized spacial score (nSPS) is 10.7. The molecule has 0 aliphatic rings. The summed E-state index contributed by atoms with van der Waals surface area (Å²) in [6.07, 6.45) is 0.970. The molecule has 0 fully saturated rings. The second-order valence-corrected chi connectivity index (χ2v) is 7.66. The van der Waals surface area contributed by atoms with Crippen molar-refractivity contribution in [2.45, 2.75) is 26.5 Å². The minimum Gasteiger partial charge on any atom is -0.497 e. The molecule has 3 rings (SSSR count). The second kappa shape index (κ2) is 10.3. The molecule has 4 heteroatoms. The summed E-state index contributed by atoms with van der Waals surface area (Å²) in [5, 5.41) is 3.52. The molecule has 3 nitrogen and oxygen atoms in total. The molecule has 146 valence electrons. The molecule has 0 radical (unpaired) electrons. The zero-order chi connectivity index (χ0) is 19.8. The molecule has 0 spiro atoms. The van der Waals surface area contributed by atoms with Crippen LogP contribution in [0, 0.1) is 6.92 Å². The first kappa shape index (κ1) is 20.4. The molecule has 0 aliphatic carbocycles. The number of ether oxygens (including phenoxy) is 2. The summed E-state index contributed by atoms with van der Waals surface area (Å²) in [4.78, 5) is 0. The summed E-state index contributed by atoms with van der Waals surface area (Å²) in [5.74, 6) is 1.81. The summed E-state index contributed by atoms with van der Waals surface area (Å²) in [6, 6.07) is 22.7. The van der Waals surface area contributed by atoms with Crippen LogP contribution >= 0.6 is 15.9 Å². The fraction of sp³-hybridized carbons (Fsp3) is 0.250. The van der Waals surface area contributed by atoms with Crippen LogP contribution in [0.2, 0.25) is 0 Å². The molecule has 0 unspecified atom stereocenters. The van der Waals surface area contributed by atoms with Crippen LogP contribution in [-0.2, 0) is 19.6 Å². The summed E-state index contributed by atoms with van der Waals surface area (Å²) in [6.45, 7) is 4.35. The SMILES string of the molecule is COc1ccc(CCNCc2cc(Br)ccc2OCc2ccccc2C)cc1. The molecule has 3 aromatic rings. The van der Waals surface area contributed by atoms with E-state index in [-0.39, 0.29) is 0 Å². The van der Waals surface area contributed by atoms with E-state index in [1.165, 1.54) is 16.7 Å². The van der Waals surface area contributed by atoms with Gasteiger partial charge in [0.25, 0.3) is 0 Å². The van der Waals surface area contributed by atoms with E-state index in [0.717, 1.165) is 41.0 Å². The number of methoxy groups -OCH3 is 1. The molecule has 0 saturated carbocycles. The lowest BCUT2D eigenvalue weighted by Crippen LogP contribution is -2.17. The molecule has 3 aromatic carbocycles. The van der Waals surface area contributed by atoms with E-state index >= 15 is 0 Å². The molecular weight excluding hydrogens is 414 g/mol. The first-order chi connectivity index (χ1) is 13.7. The van der Waals surface area contributed by atoms with E-state index in [1.807, 2.05) is 24.3 Å². The summed E-state index contributed by atoms with van der Waals surface area (Å²) < 4.78 is 12.4. The topological polar surface area (TPSA) is 30.5 Å². The fourth-order valence-electron chi connectivity index (χ4n) is 3.00. The van der Waals surface area contributed by atoms with Crippen LogP contribution in [0.3, 0.4) is 0 Å². The van der Waals surface area contributed by atoms with Gasteiger partial charge in [0.15, 0.2) is 0 Å². The molecule has 0 saturated heterocycles. The van der Waals surface area contributed by atoms with E-state index in [9.17, 15) is 0 Å². The molecule has 0 heterocycles. The van der Waals surface area contributed by atoms with Crippen molar-refractivity contribution in [2.75, 3.05) is 13.7 Å². The zero-order valence-corrected chi connectivity index (χ0v) is 18.0. The smallest absolute Gasteiger partial charge is 0.124 e. The van der Waals surface area contributed by atoms with Crippen molar-refractivity contribution in [3.63, 3.8) is 0 Å². The Morgan fingerprint density at radius 1 is 0.929 bits per heavy atom. The van der Waals surface area contributed by atoms with Gasteiger partial charge in [0.1, 0.15) is 18.1 Å². The average Bonchev–Trinajstić information content (AvgIpc) is 2.72. The number of hydrogen-bond acceptors (Lipinski definition) is 3. The maximum absolute atomic E-state index is 6.13. The van der Waals surface area contributed by atoms with E-state index < -0.39 is 0 Å². The van der Waals surface area contributed by atoms with Gasteiger partial charge in [-0.15, -0.1) is 0 Å². The number of aryl methyl sites for hydroxylation is 1. The lowest BCUT2D eigenvalue weighted by atomic mass is 10.1. The van der Waals surface area contributed by atoms with Gasteiger partial charge in [0, 0.05) is 16.6 Å². The molecule has 0 atom stereocenters. The van der Waals surface area contributed by atoms with Crippen LogP contribution in [-0.4, -0.2) is 13.7 Å². The standard InChI is InChI=1S/C24H26BrNO2/c1-18-5-3-4-6-20(18)17-28-24-12-9-22(25)15-21(24)16-26-14-13-19-7-10-23(27-2)11-8-19/h3-12,15,26H,13-14,16-17H2,1-2H3. The Balaban J connectivity index is 1.55. The highest BCUT2D eigenvalue weighted by Crippen LogP contribution is 2.24. The van der Waals surface area contributed by atoms with Crippen molar-refractivity contribution in [3.05, 3.63) is 93.5 Å². The number of rotatable bonds is 9. The van der Waals surface area contributed by atoms with Crippen molar-refractivity contribution < 1.29 is 9.47 Å². The monoisotopic (exact) mass is 439 g/mol. The fourth-order valence-corrected chi connectivity index (χ4v) is 3.41. The molecule has 0 aromatic heterocycles. The largest absolute Gasteiger partial charge is 0.497 e. The van der Waals surface area contributed by atoms with Gasteiger partial charge in [0.2, 0.25) is 0 Å². The van der Waals surface area contributed by atoms with Crippen LogP contribution < -0.4 is 14.8 Å². The second-order valence-electron chi connectivity index (χ2n) is 6.74. The van der Waals surface area contributed by atoms with Crippen molar-refractivity contribution in [1.82, 2.24) is 5.32 Å². The van der Waals surface area contributed by atoms with Crippen molar-refractivity contribution in [1.29, 1.82) is 0 Å². The van der Waals surface area contributed by atoms with Crippen LogP contribution in [0.5, 0.6) is 11.5 Å². The summed E-state index contributed by atoms with van der Waals surface area (Å²) in [5.41, 5.74) is 4.90. The molecule has 0 aliphatic heterocycles. The highest BCUT2D eigenvalue weighted by molar-refractivity contribution is 9.10. The maximum atomic E-state index is 6.13. The number of nitrogens with one attached hydrogen (secondary N) is 1. The van der Waals surface area contributed by atoms with Crippen LogP contribution in [0.1, 0.15) is 22.3 Å². The maximum Gasteiger partial charge on any atom is 0.124 e. The Morgan fingerprint density at radius 2 is 1.71 bits per heavy atom. The lowest BCUT2D eigenvalue weighted by molar-refractivity contribution is 0.301. The van der Waals surface area contributed by atoms with Crippen LogP contribution in [0.4, 0.5) is 0 Å². The van der Waals surface area contributed by atoms with Crippen LogP contribution in [0.15, 0.2) is 71.2 Å². The summed E-state index contributed by atoms with van der Waals surface area (Å²) >= 11 is 3.57. The molecule has 0 amide bonds. The first-order valence-electron chi connectivity index (χ1n) is 9.45. The predicted octanol–water partition coefficient (Wildman–Crippen LogP) is 5.68. The van der Waals surface area contributed by atoms with Crippen molar-refractivity contribution in [3.8, 4) is 11.5 Å². The van der Waals surface area contributed by atoms with Gasteiger partial charge in [-0.05, 0) is 66.9 Å². The Morgan fingerprint density at radius 3 is 2.46 bits per heavy atom. The summed E-state index contributed by atoms with van der Waals surface area (Å²) in [7, 11) is 1.69. The highest BCUT2D eigenvalue weighted by Gasteiger charge is 2.06. The Labute approximate surface area is 175 Å². The Hall–Kier alpha value is -2.30. The van der Waals surface area contributed by atoms with Gasteiger partial charge in [-0.1, -0.05) is 52.3 Å².